The van der Waals surface area contributed by atoms with Gasteiger partial charge in [0, 0.05) is 11.5 Å². The Morgan fingerprint density at radius 1 is 1.29 bits per heavy atom. The average Bonchev–Trinajstić information content (AvgIpc) is 2.47. The number of aromatic nitrogens is 1. The van der Waals surface area contributed by atoms with E-state index in [-0.39, 0.29) is 16.6 Å². The zero-order valence-corrected chi connectivity index (χ0v) is 6.80. The van der Waals surface area contributed by atoms with Gasteiger partial charge in [-0.25, -0.2) is 8.78 Å². The van der Waals surface area contributed by atoms with Crippen LogP contribution in [0.25, 0.3) is 10.9 Å². The lowest BCUT2D eigenvalue weighted by molar-refractivity contribution is -0.255. The number of aromatic amines is 1. The van der Waals surface area contributed by atoms with Crippen LogP contribution in [0.15, 0.2) is 18.2 Å². The number of fused-ring (bicyclic) bond motifs is 1. The van der Waals surface area contributed by atoms with Gasteiger partial charge in [0.25, 0.3) is 0 Å². The first-order valence-corrected chi connectivity index (χ1v) is 3.77. The highest BCUT2D eigenvalue weighted by atomic mass is 19.1. The molecular weight excluding hydrogens is 192 g/mol. The maximum Gasteiger partial charge on any atom is 0.135 e. The number of carboxylic acids is 1. The molecule has 72 valence electrons. The van der Waals surface area contributed by atoms with Crippen molar-refractivity contribution in [3.8, 4) is 0 Å². The van der Waals surface area contributed by atoms with E-state index >= 15 is 0 Å². The number of nitrogens with one attached hydrogen (secondary N) is 1. The summed E-state index contributed by atoms with van der Waals surface area (Å²) >= 11 is 0. The maximum atomic E-state index is 13.1. The summed E-state index contributed by atoms with van der Waals surface area (Å²) in [6, 6.07) is 2.78. The molecule has 1 heterocycles. The van der Waals surface area contributed by atoms with Crippen LogP contribution in [0.1, 0.15) is 10.5 Å². The molecule has 1 N–H and O–H groups in total. The molecule has 3 nitrogen and oxygen atoms in total. The Balaban J connectivity index is 2.76. The van der Waals surface area contributed by atoms with Crippen LogP contribution in [0.4, 0.5) is 8.78 Å². The number of carboxylic acid groups (broad SMARTS) is 1. The van der Waals surface area contributed by atoms with Gasteiger partial charge in [-0.2, -0.15) is 0 Å². The molecule has 5 heteroatoms. The van der Waals surface area contributed by atoms with E-state index in [1.54, 1.807) is 0 Å². The van der Waals surface area contributed by atoms with E-state index in [9.17, 15) is 18.7 Å². The summed E-state index contributed by atoms with van der Waals surface area (Å²) in [7, 11) is 0. The zero-order chi connectivity index (χ0) is 10.3. The number of carbonyl (C=O) groups excluding carboxylic acids is 1. The van der Waals surface area contributed by atoms with E-state index in [4.69, 9.17) is 0 Å². The quantitative estimate of drug-likeness (QED) is 0.733. The van der Waals surface area contributed by atoms with E-state index < -0.39 is 17.6 Å². The third kappa shape index (κ3) is 1.22. The molecule has 14 heavy (non-hydrogen) atoms. The molecule has 0 saturated heterocycles. The minimum atomic E-state index is -1.46. The lowest BCUT2D eigenvalue weighted by Gasteiger charge is -1.94. The van der Waals surface area contributed by atoms with Crippen molar-refractivity contribution in [2.45, 2.75) is 0 Å². The number of benzene rings is 1. The van der Waals surface area contributed by atoms with Crippen molar-refractivity contribution in [2.75, 3.05) is 0 Å². The smallest absolute Gasteiger partial charge is 0.135 e. The van der Waals surface area contributed by atoms with Gasteiger partial charge in [0.05, 0.1) is 17.2 Å². The van der Waals surface area contributed by atoms with Gasteiger partial charge < -0.3 is 14.9 Å². The Kier molecular flexibility index (Phi) is 1.73. The van der Waals surface area contributed by atoms with Crippen molar-refractivity contribution in [3.05, 3.63) is 35.5 Å². The normalized spacial score (nSPS) is 10.7. The fourth-order valence-electron chi connectivity index (χ4n) is 1.27. The first-order chi connectivity index (χ1) is 6.58. The summed E-state index contributed by atoms with van der Waals surface area (Å²) in [5.41, 5.74) is -0.175. The van der Waals surface area contributed by atoms with Gasteiger partial charge in [-0.3, -0.25) is 0 Å². The first-order valence-electron chi connectivity index (χ1n) is 3.77. The second kappa shape index (κ2) is 2.80. The molecule has 0 fully saturated rings. The van der Waals surface area contributed by atoms with Crippen molar-refractivity contribution < 1.29 is 18.7 Å². The predicted octanol–water partition coefficient (Wildman–Crippen LogP) is 0.810. The highest BCUT2D eigenvalue weighted by Gasteiger charge is 2.07. The average molecular weight is 196 g/mol. The minimum Gasteiger partial charge on any atom is -0.543 e. The number of aromatic carboxylic acids is 1. The van der Waals surface area contributed by atoms with Crippen molar-refractivity contribution >= 4 is 16.9 Å². The van der Waals surface area contributed by atoms with E-state index in [1.807, 2.05) is 0 Å². The van der Waals surface area contributed by atoms with Crippen molar-refractivity contribution in [2.24, 2.45) is 0 Å². The second-order valence-corrected chi connectivity index (χ2v) is 2.82. The Labute approximate surface area is 77.0 Å². The summed E-state index contributed by atoms with van der Waals surface area (Å²) in [6.45, 7) is 0. The van der Waals surface area contributed by atoms with E-state index in [1.165, 1.54) is 0 Å². The fraction of sp³-hybridized carbons (Fsp3) is 0. The molecule has 0 aliphatic rings. The molecule has 0 aliphatic carbocycles. The van der Waals surface area contributed by atoms with Gasteiger partial charge in [0.2, 0.25) is 0 Å². The van der Waals surface area contributed by atoms with Crippen LogP contribution in [-0.4, -0.2) is 11.0 Å². The monoisotopic (exact) mass is 196 g/mol. The van der Waals surface area contributed by atoms with Crippen LogP contribution in [0.3, 0.4) is 0 Å². The summed E-state index contributed by atoms with van der Waals surface area (Å²) in [5.74, 6) is -3.02. The van der Waals surface area contributed by atoms with Crippen molar-refractivity contribution in [3.63, 3.8) is 0 Å². The summed E-state index contributed by atoms with van der Waals surface area (Å²) in [6.07, 6.45) is 0. The van der Waals surface area contributed by atoms with Gasteiger partial charge >= 0.3 is 0 Å². The van der Waals surface area contributed by atoms with E-state index in [2.05, 4.69) is 4.98 Å². The largest absolute Gasteiger partial charge is 0.543 e. The van der Waals surface area contributed by atoms with Crippen LogP contribution < -0.4 is 5.11 Å². The first kappa shape index (κ1) is 8.68. The molecule has 0 unspecified atom stereocenters. The summed E-state index contributed by atoms with van der Waals surface area (Å²) in [4.78, 5) is 12.7. The fourth-order valence-corrected chi connectivity index (χ4v) is 1.27. The van der Waals surface area contributed by atoms with E-state index in [0.717, 1.165) is 12.1 Å². The molecule has 2 aromatic rings. The molecule has 0 aliphatic heterocycles. The molecule has 0 radical (unpaired) electrons. The van der Waals surface area contributed by atoms with Gasteiger partial charge in [0.15, 0.2) is 0 Å². The molecule has 1 aromatic heterocycles. The number of halogens is 2. The highest BCUT2D eigenvalue weighted by Crippen LogP contribution is 2.20. The third-order valence-electron chi connectivity index (χ3n) is 1.87. The number of hydrogen-bond acceptors (Lipinski definition) is 2. The Morgan fingerprint density at radius 3 is 2.64 bits per heavy atom. The lowest BCUT2D eigenvalue weighted by Crippen LogP contribution is -2.22. The van der Waals surface area contributed by atoms with Gasteiger partial charge in [-0.15, -0.1) is 0 Å². The number of H-pyrrole nitrogens is 1. The zero-order valence-electron chi connectivity index (χ0n) is 6.80. The Morgan fingerprint density at radius 2 is 2.00 bits per heavy atom. The molecule has 0 spiro atoms. The Bertz CT molecular complexity index is 519. The van der Waals surface area contributed by atoms with Gasteiger partial charge in [-0.05, 0) is 12.1 Å². The van der Waals surface area contributed by atoms with Crippen molar-refractivity contribution in [1.29, 1.82) is 0 Å². The standard InChI is InChI=1S/C9H5F2NO2/c10-4-1-6(11)5-3-8(9(13)14)12-7(5)2-4/h1-3,12H,(H,13,14)/p-1. The van der Waals surface area contributed by atoms with E-state index in [0.29, 0.717) is 6.07 Å². The van der Waals surface area contributed by atoms with Crippen LogP contribution in [0, 0.1) is 11.6 Å². The SMILES string of the molecule is O=C([O-])c1cc2c(F)cc(F)cc2[nH]1. The molecule has 0 saturated carbocycles. The second-order valence-electron chi connectivity index (χ2n) is 2.82. The lowest BCUT2D eigenvalue weighted by atomic mass is 10.2. The predicted molar refractivity (Wildman–Crippen MR) is 42.5 cm³/mol. The molecule has 2 rings (SSSR count). The van der Waals surface area contributed by atoms with Crippen LogP contribution >= 0.6 is 0 Å². The summed E-state index contributed by atoms with van der Waals surface area (Å²) in [5, 5.41) is 10.4. The number of rotatable bonds is 1. The third-order valence-corrected chi connectivity index (χ3v) is 1.87. The number of hydrogen-bond donors (Lipinski definition) is 1. The topological polar surface area (TPSA) is 55.9 Å². The van der Waals surface area contributed by atoms with Gasteiger partial charge in [0.1, 0.15) is 11.6 Å². The Hall–Kier alpha value is -1.91. The minimum absolute atomic E-state index is 0.0330. The van der Waals surface area contributed by atoms with Crippen LogP contribution in [-0.2, 0) is 0 Å². The molecule has 0 bridgehead atoms. The highest BCUT2D eigenvalue weighted by molar-refractivity contribution is 5.92. The molecule has 1 aromatic carbocycles. The number of carbonyl (C=O) groups is 1. The van der Waals surface area contributed by atoms with Gasteiger partial charge in [-0.1, -0.05) is 0 Å². The summed E-state index contributed by atoms with van der Waals surface area (Å²) < 4.78 is 25.7. The van der Waals surface area contributed by atoms with Crippen LogP contribution in [0.2, 0.25) is 0 Å². The van der Waals surface area contributed by atoms with Crippen molar-refractivity contribution in [1.82, 2.24) is 4.98 Å². The molecule has 0 amide bonds. The van der Waals surface area contributed by atoms with Crippen LogP contribution in [0.5, 0.6) is 0 Å². The molecular formula is C9H4F2NO2-. The molecule has 0 atom stereocenters. The maximum absolute atomic E-state index is 13.1.